The Kier molecular flexibility index (Phi) is 6.82. The summed E-state index contributed by atoms with van der Waals surface area (Å²) in [5.41, 5.74) is 2.83. The minimum atomic E-state index is -4.17. The molecule has 1 saturated heterocycles. The third-order valence-corrected chi connectivity index (χ3v) is 5.77. The summed E-state index contributed by atoms with van der Waals surface area (Å²) in [5, 5.41) is 3.38. The lowest BCUT2D eigenvalue weighted by Crippen LogP contribution is -2.57. The molecule has 3 rings (SSSR count). The quantitative estimate of drug-likeness (QED) is 0.624. The van der Waals surface area contributed by atoms with Crippen molar-refractivity contribution in [2.45, 2.75) is 32.1 Å². The van der Waals surface area contributed by atoms with Crippen LogP contribution in [-0.4, -0.2) is 85.7 Å². The number of piperazine rings is 1. The van der Waals surface area contributed by atoms with Crippen LogP contribution >= 0.6 is 0 Å². The van der Waals surface area contributed by atoms with E-state index < -0.39 is 12.2 Å². The number of halogens is 3. The molecule has 156 valence electrons. The van der Waals surface area contributed by atoms with Crippen molar-refractivity contribution >= 4 is 5.96 Å². The molecule has 8 heteroatoms. The van der Waals surface area contributed by atoms with Crippen molar-refractivity contribution in [1.29, 1.82) is 0 Å². The van der Waals surface area contributed by atoms with Crippen LogP contribution in [0.3, 0.4) is 0 Å². The normalized spacial score (nSPS) is 20.8. The summed E-state index contributed by atoms with van der Waals surface area (Å²) < 4.78 is 38.7. The van der Waals surface area contributed by atoms with Gasteiger partial charge in [0.05, 0.1) is 0 Å². The highest BCUT2D eigenvalue weighted by Gasteiger charge is 2.41. The zero-order valence-corrected chi connectivity index (χ0v) is 16.7. The lowest BCUT2D eigenvalue weighted by molar-refractivity contribution is -0.181. The van der Waals surface area contributed by atoms with Gasteiger partial charge in [0.15, 0.2) is 5.96 Å². The molecule has 1 unspecified atom stereocenters. The number of hydrogen-bond acceptors (Lipinski definition) is 3. The number of alkyl halides is 3. The molecule has 2 aliphatic rings. The topological polar surface area (TPSA) is 34.1 Å². The summed E-state index contributed by atoms with van der Waals surface area (Å²) >= 11 is 0. The minimum Gasteiger partial charge on any atom is -0.355 e. The molecule has 0 amide bonds. The molecule has 1 atom stereocenters. The van der Waals surface area contributed by atoms with Gasteiger partial charge in [0.2, 0.25) is 0 Å². The fourth-order valence-electron chi connectivity index (χ4n) is 3.93. The van der Waals surface area contributed by atoms with Crippen LogP contribution in [0.5, 0.6) is 0 Å². The van der Waals surface area contributed by atoms with Crippen LogP contribution in [-0.2, 0) is 13.0 Å². The lowest BCUT2D eigenvalue weighted by atomic mass is 10.00. The van der Waals surface area contributed by atoms with E-state index >= 15 is 0 Å². The Balaban J connectivity index is 1.42. The average Bonchev–Trinajstić information content (AvgIpc) is 2.70. The molecule has 0 saturated carbocycles. The summed E-state index contributed by atoms with van der Waals surface area (Å²) in [5.74, 6) is 0.775. The zero-order chi connectivity index (χ0) is 20.1. The van der Waals surface area contributed by atoms with Crippen LogP contribution < -0.4 is 5.32 Å². The predicted octanol–water partition coefficient (Wildman–Crippen LogP) is 2.19. The van der Waals surface area contributed by atoms with E-state index in [4.69, 9.17) is 0 Å². The monoisotopic (exact) mass is 397 g/mol. The molecule has 2 aliphatic heterocycles. The van der Waals surface area contributed by atoms with Gasteiger partial charge in [-0.25, -0.2) is 0 Å². The first-order chi connectivity index (χ1) is 13.4. The molecule has 1 fully saturated rings. The summed E-state index contributed by atoms with van der Waals surface area (Å²) in [6, 6.07) is 7.17. The van der Waals surface area contributed by atoms with E-state index in [0.717, 1.165) is 38.6 Å². The highest BCUT2D eigenvalue weighted by atomic mass is 19.4. The Morgan fingerprint density at radius 3 is 2.43 bits per heavy atom. The van der Waals surface area contributed by atoms with Crippen LogP contribution in [0, 0.1) is 0 Å². The first-order valence-corrected chi connectivity index (χ1v) is 9.94. The zero-order valence-electron chi connectivity index (χ0n) is 16.7. The van der Waals surface area contributed by atoms with Crippen LogP contribution in [0.25, 0.3) is 0 Å². The molecule has 0 spiro atoms. The maximum absolute atomic E-state index is 12.9. The van der Waals surface area contributed by atoms with Gasteiger partial charge in [-0.3, -0.25) is 14.8 Å². The number of aliphatic imine (C=N–C) groups is 1. The standard InChI is InChI=1S/C20H30F3N5/c1-16(20(21,22)23)27-11-13-28(14-12-27)19(24-2)25-8-10-26-9-7-17-5-3-4-6-18(17)15-26/h3-6,16H,7-15H2,1-2H3,(H,24,25). The molecule has 1 aromatic rings. The van der Waals surface area contributed by atoms with Crippen molar-refractivity contribution in [3.05, 3.63) is 35.4 Å². The van der Waals surface area contributed by atoms with Crippen LogP contribution in [0.15, 0.2) is 29.3 Å². The Labute approximate surface area is 165 Å². The van der Waals surface area contributed by atoms with Gasteiger partial charge in [-0.15, -0.1) is 0 Å². The maximum Gasteiger partial charge on any atom is 0.403 e. The molecule has 0 aliphatic carbocycles. The summed E-state index contributed by atoms with van der Waals surface area (Å²) in [6.07, 6.45) is -3.10. The summed E-state index contributed by atoms with van der Waals surface area (Å²) in [7, 11) is 1.73. The predicted molar refractivity (Wildman–Crippen MR) is 105 cm³/mol. The van der Waals surface area contributed by atoms with Crippen molar-refractivity contribution in [3.8, 4) is 0 Å². The second-order valence-corrected chi connectivity index (χ2v) is 7.51. The first kappa shape index (κ1) is 20.9. The third kappa shape index (κ3) is 5.17. The molecule has 2 heterocycles. The number of benzene rings is 1. The number of fused-ring (bicyclic) bond motifs is 1. The van der Waals surface area contributed by atoms with Crippen molar-refractivity contribution in [3.63, 3.8) is 0 Å². The summed E-state index contributed by atoms with van der Waals surface area (Å²) in [4.78, 5) is 10.3. The van der Waals surface area contributed by atoms with Gasteiger partial charge in [0.25, 0.3) is 0 Å². The van der Waals surface area contributed by atoms with Gasteiger partial charge in [0, 0.05) is 59.4 Å². The number of nitrogens with zero attached hydrogens (tertiary/aromatic N) is 4. The second kappa shape index (κ2) is 9.13. The molecule has 1 N–H and O–H groups in total. The second-order valence-electron chi connectivity index (χ2n) is 7.51. The number of hydrogen-bond donors (Lipinski definition) is 1. The molecule has 28 heavy (non-hydrogen) atoms. The fourth-order valence-corrected chi connectivity index (χ4v) is 3.93. The molecular formula is C20H30F3N5. The SMILES string of the molecule is CN=C(NCCN1CCc2ccccc2C1)N1CCN(C(C)C(F)(F)F)CC1. The lowest BCUT2D eigenvalue weighted by Gasteiger charge is -2.39. The summed E-state index contributed by atoms with van der Waals surface area (Å²) in [6.45, 7) is 6.82. The van der Waals surface area contributed by atoms with Crippen molar-refractivity contribution in [2.75, 3.05) is 52.9 Å². The Morgan fingerprint density at radius 1 is 1.11 bits per heavy atom. The van der Waals surface area contributed by atoms with Crippen LogP contribution in [0.2, 0.25) is 0 Å². The minimum absolute atomic E-state index is 0.393. The number of nitrogens with one attached hydrogen (secondary N) is 1. The molecule has 0 bridgehead atoms. The molecule has 0 aromatic heterocycles. The van der Waals surface area contributed by atoms with Gasteiger partial charge in [0.1, 0.15) is 6.04 Å². The van der Waals surface area contributed by atoms with Crippen LogP contribution in [0.4, 0.5) is 13.2 Å². The van der Waals surface area contributed by atoms with Crippen molar-refractivity contribution < 1.29 is 13.2 Å². The highest BCUT2D eigenvalue weighted by molar-refractivity contribution is 5.80. The molecule has 1 aromatic carbocycles. The van der Waals surface area contributed by atoms with Crippen molar-refractivity contribution in [2.24, 2.45) is 4.99 Å². The van der Waals surface area contributed by atoms with Gasteiger partial charge >= 0.3 is 6.18 Å². The Hall–Kier alpha value is -1.80. The smallest absolute Gasteiger partial charge is 0.355 e. The fraction of sp³-hybridized carbons (Fsp3) is 0.650. The Bertz CT molecular complexity index is 668. The van der Waals surface area contributed by atoms with E-state index in [0.29, 0.717) is 26.2 Å². The molecule has 0 radical (unpaired) electrons. The number of guanidine groups is 1. The third-order valence-electron chi connectivity index (χ3n) is 5.77. The maximum atomic E-state index is 12.9. The van der Waals surface area contributed by atoms with E-state index in [-0.39, 0.29) is 0 Å². The van der Waals surface area contributed by atoms with E-state index in [1.54, 1.807) is 7.05 Å². The highest BCUT2D eigenvalue weighted by Crippen LogP contribution is 2.25. The van der Waals surface area contributed by atoms with E-state index in [1.165, 1.54) is 23.0 Å². The number of rotatable bonds is 4. The average molecular weight is 397 g/mol. The van der Waals surface area contributed by atoms with Gasteiger partial charge in [-0.1, -0.05) is 24.3 Å². The molecule has 5 nitrogen and oxygen atoms in total. The molecular weight excluding hydrogens is 367 g/mol. The van der Waals surface area contributed by atoms with Gasteiger partial charge in [-0.2, -0.15) is 13.2 Å². The largest absolute Gasteiger partial charge is 0.403 e. The first-order valence-electron chi connectivity index (χ1n) is 9.94. The van der Waals surface area contributed by atoms with E-state index in [9.17, 15) is 13.2 Å². The van der Waals surface area contributed by atoms with Gasteiger partial charge < -0.3 is 10.2 Å². The van der Waals surface area contributed by atoms with Crippen LogP contribution in [0.1, 0.15) is 18.1 Å². The Morgan fingerprint density at radius 2 is 1.79 bits per heavy atom. The van der Waals surface area contributed by atoms with Crippen molar-refractivity contribution in [1.82, 2.24) is 20.0 Å². The van der Waals surface area contributed by atoms with E-state index in [2.05, 4.69) is 39.5 Å². The van der Waals surface area contributed by atoms with E-state index in [1.807, 2.05) is 4.90 Å². The van der Waals surface area contributed by atoms with Gasteiger partial charge in [-0.05, 0) is 24.5 Å².